The van der Waals surface area contributed by atoms with Crippen LogP contribution < -0.4 is 5.32 Å². The van der Waals surface area contributed by atoms with E-state index in [2.05, 4.69) is 20.3 Å². The minimum atomic E-state index is -0.502. The zero-order valence-electron chi connectivity index (χ0n) is 15.2. The third-order valence-corrected chi connectivity index (χ3v) is 5.05. The zero-order chi connectivity index (χ0) is 18.8. The van der Waals surface area contributed by atoms with Gasteiger partial charge in [0, 0.05) is 17.8 Å². The fraction of sp³-hybridized carbons (Fsp3) is 0.350. The summed E-state index contributed by atoms with van der Waals surface area (Å²) in [6.07, 6.45) is 8.16. The lowest BCUT2D eigenvalue weighted by molar-refractivity contribution is -0.124. The van der Waals surface area contributed by atoms with Crippen LogP contribution in [0.25, 0.3) is 17.0 Å². The first-order valence-electron chi connectivity index (χ1n) is 9.25. The second-order valence-corrected chi connectivity index (χ2v) is 6.94. The molecule has 1 aliphatic carbocycles. The van der Waals surface area contributed by atoms with Gasteiger partial charge >= 0.3 is 0 Å². The molecule has 1 aliphatic rings. The minimum Gasteiger partial charge on any atom is -0.291 e. The highest BCUT2D eigenvalue weighted by Gasteiger charge is 2.25. The number of pyridine rings is 1. The Labute approximate surface area is 156 Å². The van der Waals surface area contributed by atoms with E-state index in [9.17, 15) is 9.59 Å². The SMILES string of the molecule is Cc1cc(-c2ccccn2)nc2c(C(=O)NC(=O)C3CCCCC3)ncn12. The van der Waals surface area contributed by atoms with Gasteiger partial charge in [0.15, 0.2) is 11.3 Å². The maximum atomic E-state index is 12.7. The molecule has 1 fully saturated rings. The van der Waals surface area contributed by atoms with E-state index in [0.29, 0.717) is 17.0 Å². The summed E-state index contributed by atoms with van der Waals surface area (Å²) in [5.74, 6) is -0.799. The maximum absolute atomic E-state index is 12.7. The molecule has 0 bridgehead atoms. The van der Waals surface area contributed by atoms with E-state index in [4.69, 9.17) is 0 Å². The van der Waals surface area contributed by atoms with Crippen molar-refractivity contribution in [2.45, 2.75) is 39.0 Å². The molecule has 0 radical (unpaired) electrons. The summed E-state index contributed by atoms with van der Waals surface area (Å²) in [5, 5.41) is 2.51. The number of carbonyl (C=O) groups is 2. The Hall–Kier alpha value is -3.09. The largest absolute Gasteiger partial charge is 0.291 e. The number of hydrogen-bond acceptors (Lipinski definition) is 5. The van der Waals surface area contributed by atoms with Crippen LogP contribution in [-0.4, -0.2) is 31.2 Å². The molecule has 7 nitrogen and oxygen atoms in total. The summed E-state index contributed by atoms with van der Waals surface area (Å²) in [5.41, 5.74) is 2.83. The normalized spacial score (nSPS) is 15.0. The molecular formula is C20H21N5O2. The van der Waals surface area contributed by atoms with Gasteiger partial charge in [0.25, 0.3) is 5.91 Å². The van der Waals surface area contributed by atoms with Crippen LogP contribution in [-0.2, 0) is 4.79 Å². The van der Waals surface area contributed by atoms with Crippen LogP contribution in [0, 0.1) is 12.8 Å². The molecule has 0 saturated heterocycles. The molecule has 2 amide bonds. The van der Waals surface area contributed by atoms with Gasteiger partial charge in [0.05, 0.1) is 11.4 Å². The number of carbonyl (C=O) groups excluding carboxylic acids is 2. The van der Waals surface area contributed by atoms with Crippen LogP contribution >= 0.6 is 0 Å². The number of fused-ring (bicyclic) bond motifs is 1. The second-order valence-electron chi connectivity index (χ2n) is 6.94. The number of aromatic nitrogens is 4. The number of amides is 2. The Morgan fingerprint density at radius 1 is 1.11 bits per heavy atom. The van der Waals surface area contributed by atoms with Crippen LogP contribution in [0.4, 0.5) is 0 Å². The molecule has 0 aromatic carbocycles. The quantitative estimate of drug-likeness (QED) is 0.723. The van der Waals surface area contributed by atoms with Crippen molar-refractivity contribution in [1.29, 1.82) is 0 Å². The summed E-state index contributed by atoms with van der Waals surface area (Å²) in [6.45, 7) is 1.91. The first-order chi connectivity index (χ1) is 13.1. The van der Waals surface area contributed by atoms with Gasteiger partial charge in [0.2, 0.25) is 5.91 Å². The third kappa shape index (κ3) is 3.45. The lowest BCUT2D eigenvalue weighted by Crippen LogP contribution is -2.36. The number of rotatable bonds is 3. The fourth-order valence-electron chi connectivity index (χ4n) is 3.56. The smallest absolute Gasteiger partial charge is 0.280 e. The maximum Gasteiger partial charge on any atom is 0.280 e. The van der Waals surface area contributed by atoms with Gasteiger partial charge in [-0.25, -0.2) is 9.97 Å². The van der Waals surface area contributed by atoms with E-state index in [0.717, 1.165) is 37.8 Å². The van der Waals surface area contributed by atoms with Crippen LogP contribution in [0.15, 0.2) is 36.8 Å². The molecule has 27 heavy (non-hydrogen) atoms. The number of nitrogens with zero attached hydrogens (tertiary/aromatic N) is 4. The number of hydrogen-bond donors (Lipinski definition) is 1. The third-order valence-electron chi connectivity index (χ3n) is 5.05. The van der Waals surface area contributed by atoms with E-state index in [1.807, 2.05) is 31.2 Å². The van der Waals surface area contributed by atoms with Gasteiger partial charge in [-0.15, -0.1) is 0 Å². The highest BCUT2D eigenvalue weighted by atomic mass is 16.2. The lowest BCUT2D eigenvalue weighted by atomic mass is 9.88. The zero-order valence-corrected chi connectivity index (χ0v) is 15.2. The summed E-state index contributed by atoms with van der Waals surface area (Å²) < 4.78 is 1.74. The van der Waals surface area contributed by atoms with Gasteiger partial charge in [-0.1, -0.05) is 25.3 Å². The first-order valence-corrected chi connectivity index (χ1v) is 9.25. The molecule has 0 atom stereocenters. The molecule has 0 aliphatic heterocycles. The van der Waals surface area contributed by atoms with Crippen LogP contribution in [0.5, 0.6) is 0 Å². The minimum absolute atomic E-state index is 0.0876. The van der Waals surface area contributed by atoms with Gasteiger partial charge in [-0.2, -0.15) is 0 Å². The summed E-state index contributed by atoms with van der Waals surface area (Å²) in [4.78, 5) is 38.2. The van der Waals surface area contributed by atoms with Crippen molar-refractivity contribution in [2.75, 3.05) is 0 Å². The van der Waals surface area contributed by atoms with Crippen molar-refractivity contribution in [3.63, 3.8) is 0 Å². The molecule has 3 aromatic rings. The predicted molar refractivity (Wildman–Crippen MR) is 100 cm³/mol. The highest BCUT2D eigenvalue weighted by Crippen LogP contribution is 2.24. The predicted octanol–water partition coefficient (Wildman–Crippen LogP) is 2.94. The van der Waals surface area contributed by atoms with Crippen LogP contribution in [0.3, 0.4) is 0 Å². The number of imide groups is 1. The fourth-order valence-corrected chi connectivity index (χ4v) is 3.56. The molecule has 3 aromatic heterocycles. The highest BCUT2D eigenvalue weighted by molar-refractivity contribution is 6.07. The molecule has 1 N–H and O–H groups in total. The Balaban J connectivity index is 1.64. The average molecular weight is 363 g/mol. The Morgan fingerprint density at radius 3 is 2.67 bits per heavy atom. The Kier molecular flexibility index (Phi) is 4.66. The molecule has 3 heterocycles. The molecule has 4 rings (SSSR count). The summed E-state index contributed by atoms with van der Waals surface area (Å²) >= 11 is 0. The van der Waals surface area contributed by atoms with Crippen molar-refractivity contribution in [3.05, 3.63) is 48.2 Å². The number of imidazole rings is 1. The molecular weight excluding hydrogens is 342 g/mol. The molecule has 138 valence electrons. The average Bonchev–Trinajstić information content (AvgIpc) is 3.14. The molecule has 0 spiro atoms. The van der Waals surface area contributed by atoms with Crippen molar-refractivity contribution >= 4 is 17.5 Å². The standard InChI is InChI=1S/C20H21N5O2/c1-13-11-16(15-9-5-6-10-21-15)23-18-17(22-12-25(13)18)20(27)24-19(26)14-7-3-2-4-8-14/h5-6,9-12,14H,2-4,7-8H2,1H3,(H,24,26,27). The second kappa shape index (κ2) is 7.26. The first kappa shape index (κ1) is 17.3. The molecule has 7 heteroatoms. The Bertz CT molecular complexity index is 990. The van der Waals surface area contributed by atoms with Crippen molar-refractivity contribution in [1.82, 2.24) is 24.7 Å². The molecule has 1 saturated carbocycles. The summed E-state index contributed by atoms with van der Waals surface area (Å²) in [6, 6.07) is 7.48. The monoisotopic (exact) mass is 363 g/mol. The van der Waals surface area contributed by atoms with Gasteiger partial charge < -0.3 is 0 Å². The van der Waals surface area contributed by atoms with Crippen molar-refractivity contribution in [2.24, 2.45) is 5.92 Å². The van der Waals surface area contributed by atoms with Crippen molar-refractivity contribution in [3.8, 4) is 11.4 Å². The van der Waals surface area contributed by atoms with E-state index in [1.54, 1.807) is 16.9 Å². The van der Waals surface area contributed by atoms with Gasteiger partial charge in [-0.3, -0.25) is 24.3 Å². The van der Waals surface area contributed by atoms with Gasteiger partial charge in [-0.05, 0) is 38.0 Å². The number of nitrogens with one attached hydrogen (secondary N) is 1. The molecule has 0 unspecified atom stereocenters. The van der Waals surface area contributed by atoms with E-state index in [1.165, 1.54) is 0 Å². The van der Waals surface area contributed by atoms with Crippen LogP contribution in [0.2, 0.25) is 0 Å². The van der Waals surface area contributed by atoms with E-state index in [-0.39, 0.29) is 17.5 Å². The topological polar surface area (TPSA) is 89.2 Å². The van der Waals surface area contributed by atoms with E-state index < -0.39 is 5.91 Å². The van der Waals surface area contributed by atoms with Gasteiger partial charge in [0.1, 0.15) is 6.33 Å². The number of aryl methyl sites for hydroxylation is 1. The van der Waals surface area contributed by atoms with E-state index >= 15 is 0 Å². The summed E-state index contributed by atoms with van der Waals surface area (Å²) in [7, 11) is 0. The van der Waals surface area contributed by atoms with Crippen molar-refractivity contribution < 1.29 is 9.59 Å². The van der Waals surface area contributed by atoms with Crippen LogP contribution in [0.1, 0.15) is 48.3 Å². The Morgan fingerprint density at radius 2 is 1.93 bits per heavy atom. The lowest BCUT2D eigenvalue weighted by Gasteiger charge is -2.19.